The maximum absolute atomic E-state index is 11.6. The predicted molar refractivity (Wildman–Crippen MR) is 61.7 cm³/mol. The van der Waals surface area contributed by atoms with Gasteiger partial charge in [-0.3, -0.25) is 0 Å². The van der Waals surface area contributed by atoms with E-state index in [0.29, 0.717) is 0 Å². The first kappa shape index (κ1) is 13.8. The van der Waals surface area contributed by atoms with Crippen LogP contribution < -0.4 is 10.6 Å². The lowest BCUT2D eigenvalue weighted by Gasteiger charge is -2.42. The molecule has 0 spiro atoms. The van der Waals surface area contributed by atoms with Crippen molar-refractivity contribution in [3.8, 4) is 0 Å². The Kier molecular flexibility index (Phi) is 3.98. The van der Waals surface area contributed by atoms with Crippen LogP contribution >= 0.6 is 0 Å². The fraction of sp³-hybridized carbons (Fsp3) is 0.818. The molecule has 0 radical (unpaired) electrons. The molecule has 0 bridgehead atoms. The summed E-state index contributed by atoms with van der Waals surface area (Å²) in [7, 11) is 0. The average Bonchev–Trinajstić information content (AvgIpc) is 2.20. The molecule has 1 rings (SSSR count). The molecule has 1 aliphatic rings. The zero-order valence-electron chi connectivity index (χ0n) is 10.2. The van der Waals surface area contributed by atoms with Crippen LogP contribution in [-0.2, 0) is 4.79 Å². The number of carboxylic acid groups (broad SMARTS) is 1. The quantitative estimate of drug-likeness (QED) is 0.564. The molecule has 0 aliphatic heterocycles. The molecule has 0 aromatic carbocycles. The van der Waals surface area contributed by atoms with E-state index in [9.17, 15) is 14.7 Å². The second-order valence-electron chi connectivity index (χ2n) is 4.87. The van der Waals surface area contributed by atoms with Crippen molar-refractivity contribution in [2.75, 3.05) is 6.54 Å². The Bertz CT molecular complexity index is 305. The minimum Gasteiger partial charge on any atom is -0.479 e. The number of aliphatic hydroxyl groups is 1. The minimum absolute atomic E-state index is 0.140. The summed E-state index contributed by atoms with van der Waals surface area (Å²) in [6, 6.07) is -0.423. The summed E-state index contributed by atoms with van der Waals surface area (Å²) in [5.41, 5.74) is -2.07. The highest BCUT2D eigenvalue weighted by Crippen LogP contribution is 2.34. The highest BCUT2D eigenvalue weighted by molar-refractivity contribution is 5.79. The van der Waals surface area contributed by atoms with E-state index in [-0.39, 0.29) is 12.1 Å². The van der Waals surface area contributed by atoms with Crippen LogP contribution in [0.1, 0.15) is 39.5 Å². The number of nitrogens with one attached hydrogen (secondary N) is 2. The summed E-state index contributed by atoms with van der Waals surface area (Å²) in [4.78, 5) is 22.2. The molecular weight excluding hydrogens is 224 g/mol. The van der Waals surface area contributed by atoms with Gasteiger partial charge in [-0.25, -0.2) is 9.59 Å². The second-order valence-corrected chi connectivity index (χ2v) is 4.87. The van der Waals surface area contributed by atoms with Crippen LogP contribution in [0.4, 0.5) is 4.79 Å². The first-order valence-electron chi connectivity index (χ1n) is 5.83. The summed E-state index contributed by atoms with van der Waals surface area (Å²) in [6.07, 6.45) is 3.86. The van der Waals surface area contributed by atoms with E-state index in [2.05, 4.69) is 10.6 Å². The summed E-state index contributed by atoms with van der Waals surface area (Å²) in [5.74, 6) is -1.35. The van der Waals surface area contributed by atoms with Gasteiger partial charge < -0.3 is 20.8 Å². The molecule has 6 heteroatoms. The molecule has 98 valence electrons. The van der Waals surface area contributed by atoms with Crippen LogP contribution in [0.5, 0.6) is 0 Å². The van der Waals surface area contributed by atoms with Gasteiger partial charge in [0.2, 0.25) is 0 Å². The van der Waals surface area contributed by atoms with Crippen molar-refractivity contribution in [3.63, 3.8) is 0 Å². The van der Waals surface area contributed by atoms with Crippen molar-refractivity contribution >= 4 is 12.0 Å². The molecule has 17 heavy (non-hydrogen) atoms. The third-order valence-corrected chi connectivity index (χ3v) is 3.42. The van der Waals surface area contributed by atoms with E-state index in [1.165, 1.54) is 0 Å². The fourth-order valence-corrected chi connectivity index (χ4v) is 1.78. The maximum atomic E-state index is 11.6. The van der Waals surface area contributed by atoms with E-state index in [0.717, 1.165) is 32.6 Å². The standard InChI is InChI=1S/C11H20N2O4/c1-3-11(5-4-6-11)13-9(16)12-7-10(2,17)8(14)15/h17H,3-7H2,1-2H3,(H,14,15)(H2,12,13,16). The monoisotopic (exact) mass is 244 g/mol. The Balaban J connectivity index is 2.38. The van der Waals surface area contributed by atoms with E-state index >= 15 is 0 Å². The van der Waals surface area contributed by atoms with Crippen LogP contribution in [0.25, 0.3) is 0 Å². The van der Waals surface area contributed by atoms with E-state index in [1.807, 2.05) is 6.92 Å². The summed E-state index contributed by atoms with van der Waals surface area (Å²) in [5, 5.41) is 23.3. The Hall–Kier alpha value is -1.30. The Labute approximate surface area is 100 Å². The van der Waals surface area contributed by atoms with E-state index < -0.39 is 17.6 Å². The van der Waals surface area contributed by atoms with Gasteiger partial charge in [-0.05, 0) is 32.6 Å². The van der Waals surface area contributed by atoms with Crippen LogP contribution in [-0.4, -0.2) is 39.9 Å². The van der Waals surface area contributed by atoms with E-state index in [4.69, 9.17) is 5.11 Å². The Morgan fingerprint density at radius 1 is 1.41 bits per heavy atom. The first-order chi connectivity index (χ1) is 7.81. The number of amides is 2. The molecule has 1 atom stereocenters. The molecule has 1 unspecified atom stereocenters. The molecule has 6 nitrogen and oxygen atoms in total. The van der Waals surface area contributed by atoms with Crippen molar-refractivity contribution in [3.05, 3.63) is 0 Å². The number of aliphatic carboxylic acids is 1. The highest BCUT2D eigenvalue weighted by atomic mass is 16.4. The number of carbonyl (C=O) groups excluding carboxylic acids is 1. The zero-order chi connectivity index (χ0) is 13.1. The van der Waals surface area contributed by atoms with Gasteiger partial charge in [-0.15, -0.1) is 0 Å². The molecule has 2 amide bonds. The maximum Gasteiger partial charge on any atom is 0.337 e. The van der Waals surface area contributed by atoms with Crippen LogP contribution in [0, 0.1) is 0 Å². The van der Waals surface area contributed by atoms with Gasteiger partial charge in [0.25, 0.3) is 0 Å². The van der Waals surface area contributed by atoms with Gasteiger partial charge >= 0.3 is 12.0 Å². The molecule has 4 N–H and O–H groups in total. The lowest BCUT2D eigenvalue weighted by atomic mass is 9.75. The smallest absolute Gasteiger partial charge is 0.337 e. The van der Waals surface area contributed by atoms with Gasteiger partial charge in [0.15, 0.2) is 5.60 Å². The predicted octanol–water partition coefficient (Wildman–Crippen LogP) is 0.454. The number of carbonyl (C=O) groups is 2. The van der Waals surface area contributed by atoms with Crippen molar-refractivity contribution in [2.45, 2.75) is 50.7 Å². The second kappa shape index (κ2) is 4.91. The molecule has 0 saturated heterocycles. The largest absolute Gasteiger partial charge is 0.479 e. The third-order valence-electron chi connectivity index (χ3n) is 3.42. The van der Waals surface area contributed by atoms with E-state index in [1.54, 1.807) is 0 Å². The number of hydrogen-bond acceptors (Lipinski definition) is 3. The molecule has 1 aliphatic carbocycles. The van der Waals surface area contributed by atoms with Crippen molar-refractivity contribution in [2.24, 2.45) is 0 Å². The molecule has 1 saturated carbocycles. The summed E-state index contributed by atoms with van der Waals surface area (Å²) >= 11 is 0. The SMILES string of the molecule is CCC1(NC(=O)NCC(C)(O)C(=O)O)CCC1. The summed E-state index contributed by atoms with van der Waals surface area (Å²) in [6.45, 7) is 2.84. The Morgan fingerprint density at radius 3 is 2.35 bits per heavy atom. The lowest BCUT2D eigenvalue weighted by Crippen LogP contribution is -2.58. The molecule has 0 aromatic rings. The van der Waals surface area contributed by atoms with Gasteiger partial charge in [0.1, 0.15) is 0 Å². The average molecular weight is 244 g/mol. The normalized spacial score (nSPS) is 20.9. The molecule has 0 aromatic heterocycles. The van der Waals surface area contributed by atoms with Crippen LogP contribution in [0.3, 0.4) is 0 Å². The van der Waals surface area contributed by atoms with Gasteiger partial charge in [0.05, 0.1) is 6.54 Å². The fourth-order valence-electron chi connectivity index (χ4n) is 1.78. The molecule has 0 heterocycles. The van der Waals surface area contributed by atoms with Crippen LogP contribution in [0.2, 0.25) is 0 Å². The van der Waals surface area contributed by atoms with Crippen molar-refractivity contribution < 1.29 is 19.8 Å². The number of urea groups is 1. The van der Waals surface area contributed by atoms with Gasteiger partial charge in [-0.1, -0.05) is 6.92 Å². The first-order valence-corrected chi connectivity index (χ1v) is 5.83. The molecular formula is C11H20N2O4. The lowest BCUT2D eigenvalue weighted by molar-refractivity contribution is -0.155. The third kappa shape index (κ3) is 3.33. The van der Waals surface area contributed by atoms with Crippen LogP contribution in [0.15, 0.2) is 0 Å². The van der Waals surface area contributed by atoms with Gasteiger partial charge in [0, 0.05) is 5.54 Å². The van der Waals surface area contributed by atoms with Crippen molar-refractivity contribution in [1.29, 1.82) is 0 Å². The molecule has 1 fully saturated rings. The number of hydrogen-bond donors (Lipinski definition) is 4. The Morgan fingerprint density at radius 2 is 2.00 bits per heavy atom. The minimum atomic E-state index is -1.93. The number of carboxylic acids is 1. The zero-order valence-corrected chi connectivity index (χ0v) is 10.2. The van der Waals surface area contributed by atoms with Gasteiger partial charge in [-0.2, -0.15) is 0 Å². The topological polar surface area (TPSA) is 98.7 Å². The highest BCUT2D eigenvalue weighted by Gasteiger charge is 2.37. The van der Waals surface area contributed by atoms with Crippen molar-refractivity contribution in [1.82, 2.24) is 10.6 Å². The number of rotatable bonds is 5. The summed E-state index contributed by atoms with van der Waals surface area (Å²) < 4.78 is 0.